The Bertz CT molecular complexity index is 836. The van der Waals surface area contributed by atoms with Gasteiger partial charge in [0.2, 0.25) is 11.7 Å². The van der Waals surface area contributed by atoms with Gasteiger partial charge in [-0.15, -0.1) is 11.8 Å². The van der Waals surface area contributed by atoms with Crippen molar-refractivity contribution in [1.82, 2.24) is 4.90 Å². The lowest BCUT2D eigenvalue weighted by molar-refractivity contribution is -0.155. The van der Waals surface area contributed by atoms with E-state index >= 15 is 0 Å². The number of halogens is 1. The summed E-state index contributed by atoms with van der Waals surface area (Å²) in [7, 11) is 0. The number of furan rings is 1. The third-order valence-electron chi connectivity index (χ3n) is 4.21. The molecule has 0 spiro atoms. The van der Waals surface area contributed by atoms with E-state index in [4.69, 9.17) is 20.8 Å². The minimum Gasteiger partial charge on any atom is -0.466 e. The van der Waals surface area contributed by atoms with Crippen LogP contribution in [0.25, 0.3) is 0 Å². The van der Waals surface area contributed by atoms with Crippen LogP contribution in [0.1, 0.15) is 35.3 Å². The maximum atomic E-state index is 12.6. The molecule has 0 radical (unpaired) electrons. The molecule has 1 amide bonds. The molecule has 0 aliphatic carbocycles. The van der Waals surface area contributed by atoms with E-state index in [0.717, 1.165) is 0 Å². The number of thioether (sulfide) groups is 1. The van der Waals surface area contributed by atoms with Gasteiger partial charge in [0.05, 0.1) is 6.26 Å². The molecule has 1 fully saturated rings. The van der Waals surface area contributed by atoms with Crippen LogP contribution in [-0.2, 0) is 14.3 Å². The smallest absolute Gasteiger partial charge is 0.330 e. The molecule has 142 valence electrons. The van der Waals surface area contributed by atoms with Gasteiger partial charge in [-0.1, -0.05) is 11.6 Å². The molecule has 27 heavy (non-hydrogen) atoms. The number of nitrogens with zero attached hydrogens (tertiary/aromatic N) is 1. The van der Waals surface area contributed by atoms with Crippen LogP contribution >= 0.6 is 23.4 Å². The van der Waals surface area contributed by atoms with Crippen molar-refractivity contribution < 1.29 is 23.5 Å². The Morgan fingerprint density at radius 2 is 1.96 bits per heavy atom. The molecular formula is C19H18ClNO5S. The highest BCUT2D eigenvalue weighted by Crippen LogP contribution is 2.41. The van der Waals surface area contributed by atoms with Gasteiger partial charge < -0.3 is 14.1 Å². The summed E-state index contributed by atoms with van der Waals surface area (Å²) in [4.78, 5) is 38.7. The van der Waals surface area contributed by atoms with E-state index in [-0.39, 0.29) is 11.7 Å². The number of rotatable bonds is 5. The molecule has 6 nitrogen and oxygen atoms in total. The molecule has 0 unspecified atom stereocenters. The average molecular weight is 408 g/mol. The van der Waals surface area contributed by atoms with Crippen LogP contribution in [0.3, 0.4) is 0 Å². The lowest BCUT2D eigenvalue weighted by atomic mass is 10.1. The maximum Gasteiger partial charge on any atom is 0.330 e. The molecule has 0 bridgehead atoms. The minimum atomic E-state index is -0.972. The largest absolute Gasteiger partial charge is 0.466 e. The van der Waals surface area contributed by atoms with Crippen LogP contribution in [0.5, 0.6) is 0 Å². The summed E-state index contributed by atoms with van der Waals surface area (Å²) in [6.45, 7) is 2.91. The quantitative estimate of drug-likeness (QED) is 0.555. The van der Waals surface area contributed by atoms with Crippen molar-refractivity contribution in [3.63, 3.8) is 0 Å². The Balaban J connectivity index is 1.70. The summed E-state index contributed by atoms with van der Waals surface area (Å²) in [6.07, 6.45) is 0.548. The number of ketones is 1. The van der Waals surface area contributed by atoms with Crippen LogP contribution in [0.4, 0.5) is 0 Å². The predicted molar refractivity (Wildman–Crippen MR) is 102 cm³/mol. The normalized spacial score (nSPS) is 20.3. The van der Waals surface area contributed by atoms with Crippen LogP contribution in [0, 0.1) is 0 Å². The summed E-state index contributed by atoms with van der Waals surface area (Å²) in [5, 5.41) is 0.123. The fraction of sp³-hybridized carbons (Fsp3) is 0.316. The predicted octanol–water partition coefficient (Wildman–Crippen LogP) is 3.71. The van der Waals surface area contributed by atoms with Gasteiger partial charge >= 0.3 is 5.97 Å². The first kappa shape index (κ1) is 19.5. The molecule has 1 aliphatic rings. The van der Waals surface area contributed by atoms with Crippen molar-refractivity contribution in [1.29, 1.82) is 0 Å². The van der Waals surface area contributed by atoms with E-state index in [1.165, 1.54) is 36.8 Å². The first-order valence-corrected chi connectivity index (χ1v) is 9.75. The fourth-order valence-electron chi connectivity index (χ4n) is 2.88. The molecule has 8 heteroatoms. The van der Waals surface area contributed by atoms with E-state index in [2.05, 4.69) is 0 Å². The zero-order valence-electron chi connectivity index (χ0n) is 14.8. The first-order valence-electron chi connectivity index (χ1n) is 8.32. The minimum absolute atomic E-state index is 0.264. The molecule has 2 aromatic rings. The number of hydrogen-bond acceptors (Lipinski definition) is 6. The van der Waals surface area contributed by atoms with Gasteiger partial charge in [-0.2, -0.15) is 0 Å². The van der Waals surface area contributed by atoms with Crippen LogP contribution in [0.15, 0.2) is 47.1 Å². The number of amides is 1. The van der Waals surface area contributed by atoms with E-state index in [9.17, 15) is 14.4 Å². The van der Waals surface area contributed by atoms with Crippen molar-refractivity contribution in [2.24, 2.45) is 0 Å². The molecule has 3 atom stereocenters. The van der Waals surface area contributed by atoms with Crippen LogP contribution < -0.4 is 0 Å². The second-order valence-electron chi connectivity index (χ2n) is 6.09. The summed E-state index contributed by atoms with van der Waals surface area (Å²) in [6, 6.07) is 9.07. The van der Waals surface area contributed by atoms with Gasteiger partial charge in [0.1, 0.15) is 17.2 Å². The van der Waals surface area contributed by atoms with E-state index in [1.807, 2.05) is 0 Å². The first-order chi connectivity index (χ1) is 12.9. The second kappa shape index (κ2) is 8.19. The molecule has 1 aromatic carbocycles. The Hall–Kier alpha value is -2.25. The number of benzene rings is 1. The highest BCUT2D eigenvalue weighted by Gasteiger charge is 2.43. The standard InChI is InChI=1S/C19H18ClNO5S/c1-11(17(23)13-5-7-14(20)8-6-13)26-19(24)15-10-27-18(21(15)12(2)22)16-4-3-9-25-16/h3-9,11,15,18H,10H2,1-2H3/t11-,15+,18-/m1/s1. The number of Topliss-reactive ketones (excluding diaryl/α,β-unsaturated/α-hetero) is 1. The topological polar surface area (TPSA) is 76.8 Å². The van der Waals surface area contributed by atoms with E-state index < -0.39 is 23.5 Å². The van der Waals surface area contributed by atoms with Gasteiger partial charge in [0.25, 0.3) is 0 Å². The van der Waals surface area contributed by atoms with Crippen molar-refractivity contribution in [3.8, 4) is 0 Å². The second-order valence-corrected chi connectivity index (χ2v) is 7.64. The molecule has 1 saturated heterocycles. The fourth-order valence-corrected chi connectivity index (χ4v) is 4.42. The lowest BCUT2D eigenvalue weighted by Crippen LogP contribution is -2.44. The third kappa shape index (κ3) is 4.20. The summed E-state index contributed by atoms with van der Waals surface area (Å²) < 4.78 is 10.7. The lowest BCUT2D eigenvalue weighted by Gasteiger charge is -2.26. The molecule has 0 N–H and O–H groups in total. The Labute approximate surface area is 165 Å². The number of carbonyl (C=O) groups excluding carboxylic acids is 3. The monoisotopic (exact) mass is 407 g/mol. The van der Waals surface area contributed by atoms with Crippen molar-refractivity contribution in [2.45, 2.75) is 31.4 Å². The molecule has 1 aromatic heterocycles. The van der Waals surface area contributed by atoms with Crippen molar-refractivity contribution >= 4 is 41.0 Å². The van der Waals surface area contributed by atoms with Gasteiger partial charge in [-0.05, 0) is 43.3 Å². The summed E-state index contributed by atoms with van der Waals surface area (Å²) in [5.74, 6) is -0.244. The molecule has 2 heterocycles. The number of hydrogen-bond donors (Lipinski definition) is 0. The maximum absolute atomic E-state index is 12.6. The highest BCUT2D eigenvalue weighted by atomic mass is 35.5. The van der Waals surface area contributed by atoms with Crippen molar-refractivity contribution in [2.75, 3.05) is 5.75 Å². The SMILES string of the molecule is CC(=O)N1[C@@H](c2ccco2)SC[C@H]1C(=O)O[C@H](C)C(=O)c1ccc(Cl)cc1. The molecule has 0 saturated carbocycles. The number of esters is 1. The zero-order valence-corrected chi connectivity index (χ0v) is 16.3. The van der Waals surface area contributed by atoms with Crippen molar-refractivity contribution in [3.05, 3.63) is 59.0 Å². The molecule has 1 aliphatic heterocycles. The van der Waals surface area contributed by atoms with Crippen LogP contribution in [-0.4, -0.2) is 40.5 Å². The number of ether oxygens (including phenoxy) is 1. The van der Waals surface area contributed by atoms with Gasteiger partial charge in [-0.25, -0.2) is 4.79 Å². The van der Waals surface area contributed by atoms with Gasteiger partial charge in [0, 0.05) is 23.3 Å². The zero-order chi connectivity index (χ0) is 19.6. The number of carbonyl (C=O) groups is 3. The summed E-state index contributed by atoms with van der Waals surface area (Å²) in [5.41, 5.74) is 0.400. The Morgan fingerprint density at radius 1 is 1.26 bits per heavy atom. The van der Waals surface area contributed by atoms with Gasteiger partial charge in [-0.3, -0.25) is 9.59 Å². The van der Waals surface area contributed by atoms with Gasteiger partial charge in [0.15, 0.2) is 6.10 Å². The Morgan fingerprint density at radius 3 is 2.56 bits per heavy atom. The van der Waals surface area contributed by atoms with E-state index in [0.29, 0.717) is 22.1 Å². The summed E-state index contributed by atoms with van der Waals surface area (Å²) >= 11 is 7.24. The third-order valence-corrected chi connectivity index (χ3v) is 5.75. The highest BCUT2D eigenvalue weighted by molar-refractivity contribution is 7.99. The van der Waals surface area contributed by atoms with Crippen LogP contribution in [0.2, 0.25) is 5.02 Å². The Kier molecular flexibility index (Phi) is 5.92. The van der Waals surface area contributed by atoms with E-state index in [1.54, 1.807) is 36.4 Å². The molecular weight excluding hydrogens is 390 g/mol. The average Bonchev–Trinajstić information content (AvgIpc) is 3.30. The molecule has 3 rings (SSSR count).